The van der Waals surface area contributed by atoms with E-state index in [-0.39, 0.29) is 16.8 Å². The van der Waals surface area contributed by atoms with E-state index in [9.17, 15) is 9.59 Å². The third-order valence-corrected chi connectivity index (χ3v) is 5.53. The molecular weight excluding hydrogens is 372 g/mol. The third kappa shape index (κ3) is 3.57. The minimum atomic E-state index is -0.275. The molecule has 0 N–H and O–H groups in total. The molecule has 0 amide bonds. The van der Waals surface area contributed by atoms with Crippen molar-refractivity contribution in [1.82, 2.24) is 9.55 Å². The first-order valence-corrected chi connectivity index (χ1v) is 10.0. The van der Waals surface area contributed by atoms with Crippen molar-refractivity contribution < 1.29 is 4.79 Å². The molecule has 4 aromatic rings. The van der Waals surface area contributed by atoms with Gasteiger partial charge in [0, 0.05) is 24.0 Å². The van der Waals surface area contributed by atoms with Crippen LogP contribution in [0.1, 0.15) is 43.9 Å². The number of fused-ring (bicyclic) bond motifs is 1. The molecule has 0 unspecified atom stereocenters. The lowest BCUT2D eigenvalue weighted by atomic mass is 9.97. The number of carbonyl (C=O) groups excluding carboxylic acids is 1. The van der Waals surface area contributed by atoms with E-state index in [4.69, 9.17) is 0 Å². The Morgan fingerprint density at radius 1 is 0.900 bits per heavy atom. The molecule has 0 aliphatic heterocycles. The number of carbonyl (C=O) groups is 1. The Labute approximate surface area is 175 Å². The first-order chi connectivity index (χ1) is 14.3. The van der Waals surface area contributed by atoms with E-state index in [0.717, 1.165) is 27.9 Å². The number of rotatable bonds is 4. The van der Waals surface area contributed by atoms with Crippen molar-refractivity contribution in [2.45, 2.75) is 34.2 Å². The highest BCUT2D eigenvalue weighted by atomic mass is 16.1. The molecule has 2 aromatic carbocycles. The SMILES string of the molecule is Cc1ccc(C(=O)c2cn(Cc3ccccc3C)c3nc(C)ccc3c2=O)c(C)c1. The number of benzene rings is 2. The molecule has 0 spiro atoms. The van der Waals surface area contributed by atoms with E-state index in [1.165, 1.54) is 0 Å². The second-order valence-corrected chi connectivity index (χ2v) is 7.90. The number of nitrogens with zero attached hydrogens (tertiary/aromatic N) is 2. The van der Waals surface area contributed by atoms with Gasteiger partial charge >= 0.3 is 0 Å². The van der Waals surface area contributed by atoms with Crippen LogP contribution in [0.4, 0.5) is 0 Å². The lowest BCUT2D eigenvalue weighted by molar-refractivity contribution is 0.103. The number of hydrogen-bond acceptors (Lipinski definition) is 3. The van der Waals surface area contributed by atoms with E-state index >= 15 is 0 Å². The minimum absolute atomic E-state index is 0.175. The largest absolute Gasteiger partial charge is 0.327 e. The fourth-order valence-corrected chi connectivity index (χ4v) is 3.83. The van der Waals surface area contributed by atoms with Gasteiger partial charge in [0.15, 0.2) is 5.78 Å². The number of ketones is 1. The Kier molecular flexibility index (Phi) is 5.08. The van der Waals surface area contributed by atoms with Crippen molar-refractivity contribution in [3.05, 3.63) is 110 Å². The van der Waals surface area contributed by atoms with Crippen LogP contribution in [0, 0.1) is 27.7 Å². The molecule has 0 atom stereocenters. The van der Waals surface area contributed by atoms with Crippen LogP contribution in [0.15, 0.2) is 65.6 Å². The normalized spacial score (nSPS) is 11.1. The Bertz CT molecular complexity index is 1350. The lowest BCUT2D eigenvalue weighted by Gasteiger charge is -2.15. The maximum atomic E-state index is 13.3. The van der Waals surface area contributed by atoms with Crippen LogP contribution in [0.25, 0.3) is 11.0 Å². The maximum Gasteiger partial charge on any atom is 0.202 e. The monoisotopic (exact) mass is 396 g/mol. The van der Waals surface area contributed by atoms with Crippen LogP contribution in [-0.2, 0) is 6.54 Å². The lowest BCUT2D eigenvalue weighted by Crippen LogP contribution is -2.21. The summed E-state index contributed by atoms with van der Waals surface area (Å²) in [5.41, 5.74) is 6.10. The van der Waals surface area contributed by atoms with Crippen LogP contribution in [0.3, 0.4) is 0 Å². The van der Waals surface area contributed by atoms with E-state index in [1.54, 1.807) is 18.3 Å². The van der Waals surface area contributed by atoms with Crippen LogP contribution in [0.2, 0.25) is 0 Å². The summed E-state index contributed by atoms with van der Waals surface area (Å²) in [6.45, 7) is 8.38. The van der Waals surface area contributed by atoms with Gasteiger partial charge in [-0.25, -0.2) is 4.98 Å². The Morgan fingerprint density at radius 3 is 2.40 bits per heavy atom. The number of aromatic nitrogens is 2. The van der Waals surface area contributed by atoms with Crippen molar-refractivity contribution in [3.8, 4) is 0 Å². The zero-order valence-electron chi connectivity index (χ0n) is 17.7. The van der Waals surface area contributed by atoms with Gasteiger partial charge in [-0.3, -0.25) is 9.59 Å². The van der Waals surface area contributed by atoms with E-state index in [2.05, 4.69) is 24.0 Å². The second kappa shape index (κ2) is 7.71. The van der Waals surface area contributed by atoms with Gasteiger partial charge in [0.25, 0.3) is 0 Å². The third-order valence-electron chi connectivity index (χ3n) is 5.53. The fourth-order valence-electron chi connectivity index (χ4n) is 3.83. The summed E-state index contributed by atoms with van der Waals surface area (Å²) >= 11 is 0. The van der Waals surface area contributed by atoms with Gasteiger partial charge in [-0.1, -0.05) is 48.0 Å². The van der Waals surface area contributed by atoms with Crippen LogP contribution in [-0.4, -0.2) is 15.3 Å². The second-order valence-electron chi connectivity index (χ2n) is 7.90. The molecule has 0 aliphatic rings. The van der Waals surface area contributed by atoms with Gasteiger partial charge in [-0.05, 0) is 56.5 Å². The Morgan fingerprint density at radius 2 is 1.67 bits per heavy atom. The van der Waals surface area contributed by atoms with Gasteiger partial charge in [0.05, 0.1) is 10.9 Å². The van der Waals surface area contributed by atoms with Crippen molar-refractivity contribution in [2.75, 3.05) is 0 Å². The molecule has 2 heterocycles. The molecule has 150 valence electrons. The average Bonchev–Trinajstić information content (AvgIpc) is 2.71. The molecule has 2 aromatic heterocycles. The maximum absolute atomic E-state index is 13.3. The summed E-state index contributed by atoms with van der Waals surface area (Å²) in [6.07, 6.45) is 1.67. The summed E-state index contributed by atoms with van der Waals surface area (Å²) in [5.74, 6) is -0.251. The van der Waals surface area contributed by atoms with E-state index < -0.39 is 0 Å². The summed E-state index contributed by atoms with van der Waals surface area (Å²) in [7, 11) is 0. The molecule has 0 radical (unpaired) electrons. The summed E-state index contributed by atoms with van der Waals surface area (Å²) < 4.78 is 1.92. The first kappa shape index (κ1) is 19.8. The zero-order valence-corrected chi connectivity index (χ0v) is 17.7. The van der Waals surface area contributed by atoms with Gasteiger partial charge in [-0.2, -0.15) is 0 Å². The highest BCUT2D eigenvalue weighted by Gasteiger charge is 2.19. The summed E-state index contributed by atoms with van der Waals surface area (Å²) in [4.78, 5) is 31.2. The molecular formula is C26H24N2O2. The van der Waals surface area contributed by atoms with Crippen LogP contribution in [0.5, 0.6) is 0 Å². The zero-order chi connectivity index (χ0) is 21.4. The first-order valence-electron chi connectivity index (χ1n) is 10.0. The highest BCUT2D eigenvalue weighted by molar-refractivity contribution is 6.10. The molecule has 0 bridgehead atoms. The summed E-state index contributed by atoms with van der Waals surface area (Å²) in [6, 6.07) is 17.4. The van der Waals surface area contributed by atoms with Crippen molar-refractivity contribution in [2.24, 2.45) is 0 Å². The minimum Gasteiger partial charge on any atom is -0.327 e. The number of hydrogen-bond donors (Lipinski definition) is 0. The smallest absolute Gasteiger partial charge is 0.202 e. The van der Waals surface area contributed by atoms with E-state index in [1.807, 2.05) is 55.7 Å². The molecule has 0 saturated heterocycles. The van der Waals surface area contributed by atoms with Crippen LogP contribution < -0.4 is 5.43 Å². The Hall–Kier alpha value is -3.53. The molecule has 0 saturated carbocycles. The molecule has 4 heteroatoms. The van der Waals surface area contributed by atoms with Gasteiger partial charge in [0.1, 0.15) is 5.65 Å². The predicted octanol–water partition coefficient (Wildman–Crippen LogP) is 4.91. The van der Waals surface area contributed by atoms with Gasteiger partial charge < -0.3 is 4.57 Å². The van der Waals surface area contributed by atoms with Gasteiger partial charge in [0.2, 0.25) is 5.43 Å². The number of pyridine rings is 2. The number of aryl methyl sites for hydroxylation is 4. The van der Waals surface area contributed by atoms with Crippen molar-refractivity contribution >= 4 is 16.8 Å². The molecule has 0 fully saturated rings. The van der Waals surface area contributed by atoms with Crippen molar-refractivity contribution in [1.29, 1.82) is 0 Å². The topological polar surface area (TPSA) is 52.0 Å². The van der Waals surface area contributed by atoms with Gasteiger partial charge in [-0.15, -0.1) is 0 Å². The van der Waals surface area contributed by atoms with Crippen molar-refractivity contribution in [3.63, 3.8) is 0 Å². The highest BCUT2D eigenvalue weighted by Crippen LogP contribution is 2.19. The van der Waals surface area contributed by atoms with E-state index in [0.29, 0.717) is 23.1 Å². The van der Waals surface area contributed by atoms with Crippen LogP contribution >= 0.6 is 0 Å². The summed E-state index contributed by atoms with van der Waals surface area (Å²) in [5, 5.41) is 0.463. The molecule has 4 rings (SSSR count). The molecule has 0 aliphatic carbocycles. The standard InChI is InChI=1S/C26H24N2O2/c1-16-9-11-21(18(3)13-16)24(29)23-15-28(14-20-8-6-5-7-17(20)2)26-22(25(23)30)12-10-19(4)27-26/h5-13,15H,14H2,1-4H3. The molecule has 4 nitrogen and oxygen atoms in total. The average molecular weight is 396 g/mol. The fraction of sp³-hybridized carbons (Fsp3) is 0.192. The molecule has 30 heavy (non-hydrogen) atoms. The predicted molar refractivity (Wildman–Crippen MR) is 120 cm³/mol. The Balaban J connectivity index is 1.94. The quantitative estimate of drug-likeness (QED) is 0.461.